The molecule has 92 valence electrons. The van der Waals surface area contributed by atoms with Crippen molar-refractivity contribution in [2.75, 3.05) is 17.3 Å². The van der Waals surface area contributed by atoms with Gasteiger partial charge in [-0.15, -0.1) is 0 Å². The Kier molecular flexibility index (Phi) is 3.33. The molecule has 17 heavy (non-hydrogen) atoms. The molecule has 1 aliphatic carbocycles. The molecule has 8 heteroatoms. The Morgan fingerprint density at radius 1 is 1.47 bits per heavy atom. The van der Waals surface area contributed by atoms with Gasteiger partial charge >= 0.3 is 5.69 Å². The number of nitrogens with one attached hydrogen (secondary N) is 2. The van der Waals surface area contributed by atoms with Crippen LogP contribution in [0.3, 0.4) is 0 Å². The molecule has 0 bridgehead atoms. The lowest BCUT2D eigenvalue weighted by molar-refractivity contribution is -0.383. The van der Waals surface area contributed by atoms with Crippen LogP contribution >= 0.6 is 0 Å². The fourth-order valence-corrected chi connectivity index (χ4v) is 1.72. The van der Waals surface area contributed by atoms with Crippen molar-refractivity contribution in [1.82, 2.24) is 9.97 Å². The summed E-state index contributed by atoms with van der Waals surface area (Å²) in [5.41, 5.74) is 1.99. The number of hydrazine groups is 1. The van der Waals surface area contributed by atoms with E-state index in [4.69, 9.17) is 5.84 Å². The number of hydrogen-bond donors (Lipinski definition) is 3. The number of aromatic nitrogens is 2. The third-order valence-electron chi connectivity index (χ3n) is 2.92. The highest BCUT2D eigenvalue weighted by Gasteiger charge is 2.24. The molecule has 2 rings (SSSR count). The van der Waals surface area contributed by atoms with Crippen molar-refractivity contribution >= 4 is 17.3 Å². The van der Waals surface area contributed by atoms with Crippen LogP contribution in [0.1, 0.15) is 19.3 Å². The van der Waals surface area contributed by atoms with Crippen LogP contribution in [0.4, 0.5) is 17.3 Å². The quantitative estimate of drug-likeness (QED) is 0.395. The first kappa shape index (κ1) is 11.5. The standard InChI is InChI=1S/C9H14N6O2/c10-14-9-7(15(16)17)8(12-5-13-9)11-4-6-2-1-3-6/h5-6H,1-4,10H2,(H2,11,12,13,14). The maximum Gasteiger partial charge on any atom is 0.354 e. The van der Waals surface area contributed by atoms with Crippen LogP contribution in [0.25, 0.3) is 0 Å². The predicted octanol–water partition coefficient (Wildman–Crippen LogP) is 0.882. The van der Waals surface area contributed by atoms with E-state index < -0.39 is 4.92 Å². The Bertz CT molecular complexity index is 420. The first-order chi connectivity index (χ1) is 8.22. The molecule has 1 aliphatic rings. The van der Waals surface area contributed by atoms with Crippen molar-refractivity contribution in [2.45, 2.75) is 19.3 Å². The topological polar surface area (TPSA) is 119 Å². The van der Waals surface area contributed by atoms with E-state index in [0.29, 0.717) is 12.5 Å². The number of nitrogen functional groups attached to an aromatic ring is 1. The predicted molar refractivity (Wildman–Crippen MR) is 62.3 cm³/mol. The summed E-state index contributed by atoms with van der Waals surface area (Å²) in [7, 11) is 0. The summed E-state index contributed by atoms with van der Waals surface area (Å²) in [6.07, 6.45) is 4.79. The first-order valence-corrected chi connectivity index (χ1v) is 5.42. The molecule has 1 aromatic heterocycles. The van der Waals surface area contributed by atoms with Crippen molar-refractivity contribution in [3.05, 3.63) is 16.4 Å². The molecule has 0 unspecified atom stereocenters. The van der Waals surface area contributed by atoms with Gasteiger partial charge in [0.2, 0.25) is 11.6 Å². The Hall–Kier alpha value is -1.96. The molecule has 1 heterocycles. The van der Waals surface area contributed by atoms with Crippen LogP contribution in [0.2, 0.25) is 0 Å². The first-order valence-electron chi connectivity index (χ1n) is 5.42. The molecule has 1 aromatic rings. The maximum absolute atomic E-state index is 10.9. The second-order valence-electron chi connectivity index (χ2n) is 4.00. The lowest BCUT2D eigenvalue weighted by Crippen LogP contribution is -2.22. The largest absolute Gasteiger partial charge is 0.364 e. The molecular formula is C9H14N6O2. The van der Waals surface area contributed by atoms with E-state index in [1.807, 2.05) is 0 Å². The van der Waals surface area contributed by atoms with Gasteiger partial charge < -0.3 is 10.7 Å². The molecular weight excluding hydrogens is 224 g/mol. The van der Waals surface area contributed by atoms with E-state index in [0.717, 1.165) is 12.8 Å². The van der Waals surface area contributed by atoms with Gasteiger partial charge in [-0.2, -0.15) is 0 Å². The number of nitrogens with zero attached hydrogens (tertiary/aromatic N) is 3. The van der Waals surface area contributed by atoms with Gasteiger partial charge in [-0.05, 0) is 18.8 Å². The average molecular weight is 238 g/mol. The molecule has 1 saturated carbocycles. The average Bonchev–Trinajstić information content (AvgIpc) is 2.26. The highest BCUT2D eigenvalue weighted by Crippen LogP contribution is 2.30. The molecule has 0 aliphatic heterocycles. The monoisotopic (exact) mass is 238 g/mol. The smallest absolute Gasteiger partial charge is 0.354 e. The molecule has 0 saturated heterocycles. The number of nitro groups is 1. The maximum atomic E-state index is 10.9. The van der Waals surface area contributed by atoms with E-state index in [9.17, 15) is 10.1 Å². The second-order valence-corrected chi connectivity index (χ2v) is 4.00. The summed E-state index contributed by atoms with van der Waals surface area (Å²) in [4.78, 5) is 18.0. The normalized spacial score (nSPS) is 15.1. The molecule has 0 aromatic carbocycles. The zero-order valence-corrected chi connectivity index (χ0v) is 9.22. The molecule has 4 N–H and O–H groups in total. The molecule has 0 atom stereocenters. The van der Waals surface area contributed by atoms with Crippen LogP contribution in [-0.2, 0) is 0 Å². The lowest BCUT2D eigenvalue weighted by Gasteiger charge is -2.25. The number of anilines is 2. The Balaban J connectivity index is 2.16. The number of hydrogen-bond acceptors (Lipinski definition) is 7. The van der Waals surface area contributed by atoms with E-state index in [1.54, 1.807) is 0 Å². The summed E-state index contributed by atoms with van der Waals surface area (Å²) < 4.78 is 0. The van der Waals surface area contributed by atoms with Crippen molar-refractivity contribution in [2.24, 2.45) is 11.8 Å². The summed E-state index contributed by atoms with van der Waals surface area (Å²) in [6.45, 7) is 0.696. The van der Waals surface area contributed by atoms with Crippen LogP contribution in [-0.4, -0.2) is 21.4 Å². The Morgan fingerprint density at radius 2 is 2.18 bits per heavy atom. The summed E-state index contributed by atoms with van der Waals surface area (Å²) in [6, 6.07) is 0. The van der Waals surface area contributed by atoms with Crippen LogP contribution < -0.4 is 16.6 Å². The summed E-state index contributed by atoms with van der Waals surface area (Å²) in [5, 5.41) is 13.9. The molecule has 0 spiro atoms. The lowest BCUT2D eigenvalue weighted by atomic mass is 9.85. The van der Waals surface area contributed by atoms with E-state index in [1.165, 1.54) is 12.7 Å². The van der Waals surface area contributed by atoms with E-state index in [2.05, 4.69) is 20.7 Å². The zero-order chi connectivity index (χ0) is 12.3. The van der Waals surface area contributed by atoms with Gasteiger partial charge in [0.25, 0.3) is 0 Å². The third kappa shape index (κ3) is 2.41. The zero-order valence-electron chi connectivity index (χ0n) is 9.22. The minimum atomic E-state index is -0.543. The van der Waals surface area contributed by atoms with Gasteiger partial charge in [0.05, 0.1) is 4.92 Å². The number of nitrogens with two attached hydrogens (primary N) is 1. The van der Waals surface area contributed by atoms with Crippen LogP contribution in [0.15, 0.2) is 6.33 Å². The minimum absolute atomic E-state index is 0.0149. The van der Waals surface area contributed by atoms with Gasteiger partial charge in [-0.25, -0.2) is 15.8 Å². The highest BCUT2D eigenvalue weighted by atomic mass is 16.6. The van der Waals surface area contributed by atoms with Crippen molar-refractivity contribution < 1.29 is 4.92 Å². The highest BCUT2D eigenvalue weighted by molar-refractivity contribution is 5.68. The fraction of sp³-hybridized carbons (Fsp3) is 0.556. The van der Waals surface area contributed by atoms with Crippen molar-refractivity contribution in [3.63, 3.8) is 0 Å². The van der Waals surface area contributed by atoms with Crippen molar-refractivity contribution in [3.8, 4) is 0 Å². The Morgan fingerprint density at radius 3 is 2.71 bits per heavy atom. The molecule has 1 fully saturated rings. The van der Waals surface area contributed by atoms with E-state index >= 15 is 0 Å². The summed E-state index contributed by atoms with van der Waals surface area (Å²) in [5.74, 6) is 5.99. The SMILES string of the molecule is NNc1ncnc(NCC2CCC2)c1[N+](=O)[O-]. The van der Waals surface area contributed by atoms with Crippen LogP contribution in [0, 0.1) is 16.0 Å². The van der Waals surface area contributed by atoms with Gasteiger partial charge in [-0.3, -0.25) is 10.1 Å². The second kappa shape index (κ2) is 4.91. The van der Waals surface area contributed by atoms with Gasteiger partial charge in [0.15, 0.2) is 0 Å². The molecule has 0 radical (unpaired) electrons. The van der Waals surface area contributed by atoms with Crippen LogP contribution in [0.5, 0.6) is 0 Å². The van der Waals surface area contributed by atoms with Gasteiger partial charge in [0, 0.05) is 6.54 Å². The fourth-order valence-electron chi connectivity index (χ4n) is 1.72. The summed E-state index contributed by atoms with van der Waals surface area (Å²) >= 11 is 0. The minimum Gasteiger partial charge on any atom is -0.364 e. The van der Waals surface area contributed by atoms with Gasteiger partial charge in [-0.1, -0.05) is 6.42 Å². The Labute approximate surface area is 97.8 Å². The third-order valence-corrected chi connectivity index (χ3v) is 2.92. The van der Waals surface area contributed by atoms with Crippen molar-refractivity contribution in [1.29, 1.82) is 0 Å². The molecule has 8 nitrogen and oxygen atoms in total. The van der Waals surface area contributed by atoms with E-state index in [-0.39, 0.29) is 17.3 Å². The molecule has 0 amide bonds. The van der Waals surface area contributed by atoms with Gasteiger partial charge in [0.1, 0.15) is 6.33 Å². The number of rotatable bonds is 5.